The summed E-state index contributed by atoms with van der Waals surface area (Å²) >= 11 is 0. The minimum atomic E-state index is -3.41. The number of hydrogen-bond donors (Lipinski definition) is 1. The number of amides is 1. The molecule has 1 heterocycles. The Morgan fingerprint density at radius 2 is 1.74 bits per heavy atom. The molecule has 0 aromatic heterocycles. The zero-order valence-electron chi connectivity index (χ0n) is 15.3. The van der Waals surface area contributed by atoms with Crippen molar-refractivity contribution in [2.24, 2.45) is 0 Å². The highest BCUT2D eigenvalue weighted by molar-refractivity contribution is 7.89. The fourth-order valence-electron chi connectivity index (χ4n) is 3.04. The zero-order valence-corrected chi connectivity index (χ0v) is 16.2. The first-order valence-corrected chi connectivity index (χ1v) is 10.5. The monoisotopic (exact) mass is 388 g/mol. The van der Waals surface area contributed by atoms with Crippen molar-refractivity contribution in [3.8, 4) is 5.75 Å². The number of nitrogens with one attached hydrogen (secondary N) is 1. The van der Waals surface area contributed by atoms with Crippen LogP contribution in [0.4, 0.5) is 0 Å². The van der Waals surface area contributed by atoms with Gasteiger partial charge in [0.25, 0.3) is 5.91 Å². The maximum Gasteiger partial charge on any atom is 0.251 e. The van der Waals surface area contributed by atoms with E-state index in [0.29, 0.717) is 37.6 Å². The lowest BCUT2D eigenvalue weighted by molar-refractivity contribution is 0.0946. The lowest BCUT2D eigenvalue weighted by Gasteiger charge is -2.15. The number of carbonyl (C=O) groups is 1. The summed E-state index contributed by atoms with van der Waals surface area (Å²) in [5.41, 5.74) is 1.57. The van der Waals surface area contributed by atoms with Crippen LogP contribution in [0.2, 0.25) is 0 Å². The second-order valence-corrected chi connectivity index (χ2v) is 8.44. The molecule has 0 radical (unpaired) electrons. The number of ether oxygens (including phenoxy) is 1. The van der Waals surface area contributed by atoms with Gasteiger partial charge in [-0.05, 0) is 55.7 Å². The van der Waals surface area contributed by atoms with Crippen LogP contribution < -0.4 is 10.1 Å². The van der Waals surface area contributed by atoms with Gasteiger partial charge in [-0.1, -0.05) is 18.2 Å². The molecule has 1 aliphatic heterocycles. The van der Waals surface area contributed by atoms with Crippen LogP contribution in [-0.4, -0.2) is 44.9 Å². The topological polar surface area (TPSA) is 75.7 Å². The predicted octanol–water partition coefficient (Wildman–Crippen LogP) is 2.59. The number of nitrogens with zero attached hydrogens (tertiary/aromatic N) is 1. The maximum absolute atomic E-state index is 12.5. The van der Waals surface area contributed by atoms with Crippen LogP contribution in [0.1, 0.15) is 28.8 Å². The van der Waals surface area contributed by atoms with E-state index in [1.165, 1.54) is 4.31 Å². The van der Waals surface area contributed by atoms with Crippen LogP contribution in [0.5, 0.6) is 5.75 Å². The normalized spacial score (nSPS) is 14.9. The molecule has 1 aliphatic rings. The van der Waals surface area contributed by atoms with Gasteiger partial charge in [-0.2, -0.15) is 4.31 Å². The number of benzene rings is 2. The molecule has 0 atom stereocenters. The van der Waals surface area contributed by atoms with E-state index in [1.807, 2.05) is 25.1 Å². The van der Waals surface area contributed by atoms with E-state index in [9.17, 15) is 13.2 Å². The molecule has 1 fully saturated rings. The Balaban J connectivity index is 1.49. The van der Waals surface area contributed by atoms with Gasteiger partial charge in [0.2, 0.25) is 10.0 Å². The van der Waals surface area contributed by atoms with Gasteiger partial charge in [-0.25, -0.2) is 8.42 Å². The van der Waals surface area contributed by atoms with Gasteiger partial charge < -0.3 is 10.1 Å². The quantitative estimate of drug-likeness (QED) is 0.740. The summed E-state index contributed by atoms with van der Waals surface area (Å²) in [4.78, 5) is 12.4. The fourth-order valence-corrected chi connectivity index (χ4v) is 4.56. The van der Waals surface area contributed by atoms with Crippen molar-refractivity contribution in [1.29, 1.82) is 0 Å². The molecule has 0 unspecified atom stereocenters. The fraction of sp³-hybridized carbons (Fsp3) is 0.350. The summed E-state index contributed by atoms with van der Waals surface area (Å²) in [6, 6.07) is 13.8. The molecule has 2 aromatic carbocycles. The third kappa shape index (κ3) is 4.67. The summed E-state index contributed by atoms with van der Waals surface area (Å²) in [5.74, 6) is 0.435. The molecule has 1 N–H and O–H groups in total. The Bertz CT molecular complexity index is 888. The van der Waals surface area contributed by atoms with Crippen molar-refractivity contribution in [1.82, 2.24) is 9.62 Å². The van der Waals surface area contributed by atoms with E-state index in [-0.39, 0.29) is 10.8 Å². The highest BCUT2D eigenvalue weighted by atomic mass is 32.2. The van der Waals surface area contributed by atoms with E-state index in [2.05, 4.69) is 5.32 Å². The Labute approximate surface area is 160 Å². The smallest absolute Gasteiger partial charge is 0.251 e. The first-order valence-electron chi connectivity index (χ1n) is 9.05. The van der Waals surface area contributed by atoms with Crippen molar-refractivity contribution >= 4 is 15.9 Å². The number of rotatable bonds is 7. The molecular weight excluding hydrogens is 364 g/mol. The van der Waals surface area contributed by atoms with Gasteiger partial charge >= 0.3 is 0 Å². The van der Waals surface area contributed by atoms with Gasteiger partial charge in [-0.3, -0.25) is 4.79 Å². The van der Waals surface area contributed by atoms with Gasteiger partial charge in [0.15, 0.2) is 0 Å². The number of aryl methyl sites for hydroxylation is 1. The van der Waals surface area contributed by atoms with E-state index in [0.717, 1.165) is 18.4 Å². The summed E-state index contributed by atoms with van der Waals surface area (Å²) in [6.45, 7) is 3.72. The molecule has 144 valence electrons. The average Bonchev–Trinajstić information content (AvgIpc) is 3.21. The minimum absolute atomic E-state index is 0.135. The molecule has 0 spiro atoms. The summed E-state index contributed by atoms with van der Waals surface area (Å²) in [6.07, 6.45) is 1.82. The Kier molecular flexibility index (Phi) is 6.13. The third-order valence-electron chi connectivity index (χ3n) is 4.57. The van der Waals surface area contributed by atoms with Crippen LogP contribution in [0.3, 0.4) is 0 Å². The number of carbonyl (C=O) groups excluding carboxylic acids is 1. The summed E-state index contributed by atoms with van der Waals surface area (Å²) in [7, 11) is -3.41. The first kappa shape index (κ1) is 19.4. The van der Waals surface area contributed by atoms with E-state index < -0.39 is 10.0 Å². The average molecular weight is 388 g/mol. The van der Waals surface area contributed by atoms with E-state index >= 15 is 0 Å². The molecule has 1 saturated heterocycles. The highest BCUT2D eigenvalue weighted by Gasteiger charge is 2.26. The third-order valence-corrected chi connectivity index (χ3v) is 6.49. The van der Waals surface area contributed by atoms with Crippen molar-refractivity contribution < 1.29 is 17.9 Å². The molecule has 0 aliphatic carbocycles. The van der Waals surface area contributed by atoms with Crippen LogP contribution >= 0.6 is 0 Å². The largest absolute Gasteiger partial charge is 0.492 e. The van der Waals surface area contributed by atoms with Crippen LogP contribution in [0.25, 0.3) is 0 Å². The van der Waals surface area contributed by atoms with Gasteiger partial charge in [0.05, 0.1) is 11.4 Å². The van der Waals surface area contributed by atoms with Crippen molar-refractivity contribution in [3.63, 3.8) is 0 Å². The lowest BCUT2D eigenvalue weighted by atomic mass is 10.1. The molecular formula is C20H24N2O4S. The minimum Gasteiger partial charge on any atom is -0.492 e. The van der Waals surface area contributed by atoms with Crippen molar-refractivity contribution in [2.75, 3.05) is 26.2 Å². The van der Waals surface area contributed by atoms with E-state index in [1.54, 1.807) is 30.3 Å². The summed E-state index contributed by atoms with van der Waals surface area (Å²) in [5, 5.41) is 2.82. The Hall–Kier alpha value is -2.38. The molecule has 0 saturated carbocycles. The van der Waals surface area contributed by atoms with Gasteiger partial charge in [0, 0.05) is 18.7 Å². The van der Waals surface area contributed by atoms with Gasteiger partial charge in [-0.15, -0.1) is 0 Å². The predicted molar refractivity (Wildman–Crippen MR) is 103 cm³/mol. The van der Waals surface area contributed by atoms with Crippen LogP contribution in [0.15, 0.2) is 53.4 Å². The second kappa shape index (κ2) is 8.54. The van der Waals surface area contributed by atoms with E-state index in [4.69, 9.17) is 4.74 Å². The van der Waals surface area contributed by atoms with Crippen LogP contribution in [-0.2, 0) is 10.0 Å². The molecule has 2 aromatic rings. The lowest BCUT2D eigenvalue weighted by Crippen LogP contribution is -2.28. The molecule has 3 rings (SSSR count). The maximum atomic E-state index is 12.5. The second-order valence-electron chi connectivity index (χ2n) is 6.50. The Morgan fingerprint density at radius 3 is 2.41 bits per heavy atom. The SMILES string of the molecule is Cc1ccccc1C(=O)NCCOc1ccc(S(=O)(=O)N2CCCC2)cc1. The highest BCUT2D eigenvalue weighted by Crippen LogP contribution is 2.22. The number of sulfonamides is 1. The molecule has 6 nitrogen and oxygen atoms in total. The van der Waals surface area contributed by atoms with Gasteiger partial charge in [0.1, 0.15) is 12.4 Å². The van der Waals surface area contributed by atoms with Crippen molar-refractivity contribution in [2.45, 2.75) is 24.7 Å². The standard InChI is InChI=1S/C20H24N2O4S/c1-16-6-2-3-7-19(16)20(23)21-12-15-26-17-8-10-18(11-9-17)27(24,25)22-13-4-5-14-22/h2-3,6-11H,4-5,12-15H2,1H3,(H,21,23). The molecule has 1 amide bonds. The number of hydrogen-bond acceptors (Lipinski definition) is 4. The first-order chi connectivity index (χ1) is 13.0. The molecule has 27 heavy (non-hydrogen) atoms. The Morgan fingerprint density at radius 1 is 1.07 bits per heavy atom. The van der Waals surface area contributed by atoms with Crippen LogP contribution in [0, 0.1) is 6.92 Å². The summed E-state index contributed by atoms with van der Waals surface area (Å²) < 4.78 is 32.1. The van der Waals surface area contributed by atoms with Crippen molar-refractivity contribution in [3.05, 3.63) is 59.7 Å². The zero-order chi connectivity index (χ0) is 19.3. The molecule has 7 heteroatoms. The molecule has 0 bridgehead atoms.